The highest BCUT2D eigenvalue weighted by Gasteiger charge is 2.32. The molecule has 0 unspecified atom stereocenters. The zero-order valence-corrected chi connectivity index (χ0v) is 12.9. The summed E-state index contributed by atoms with van der Waals surface area (Å²) in [5.41, 5.74) is 1.77. The molecule has 23 heavy (non-hydrogen) atoms. The number of nitrogens with zero attached hydrogens (tertiary/aromatic N) is 3. The van der Waals surface area contributed by atoms with Crippen LogP contribution in [0.4, 0.5) is 10.5 Å². The van der Waals surface area contributed by atoms with Crippen molar-refractivity contribution >= 4 is 17.7 Å². The number of anilines is 1. The topological polar surface area (TPSA) is 86.9 Å². The van der Waals surface area contributed by atoms with Gasteiger partial charge in [-0.3, -0.25) is 4.90 Å². The molecule has 2 heterocycles. The number of carbonyl (C=O) groups is 2. The van der Waals surface area contributed by atoms with Gasteiger partial charge in [0.25, 0.3) is 0 Å². The number of rotatable bonds is 4. The molecule has 0 bridgehead atoms. The first-order valence-electron chi connectivity index (χ1n) is 7.36. The van der Waals surface area contributed by atoms with Gasteiger partial charge in [0.1, 0.15) is 5.69 Å². The molecular weight excluding hydrogens is 298 g/mol. The van der Waals surface area contributed by atoms with Crippen molar-refractivity contribution < 1.29 is 19.2 Å². The van der Waals surface area contributed by atoms with Gasteiger partial charge >= 0.3 is 12.0 Å². The van der Waals surface area contributed by atoms with E-state index < -0.39 is 5.97 Å². The zero-order valence-electron chi connectivity index (χ0n) is 12.9. The van der Waals surface area contributed by atoms with E-state index in [4.69, 9.17) is 9.63 Å². The average molecular weight is 315 g/mol. The summed E-state index contributed by atoms with van der Waals surface area (Å²) in [6.07, 6.45) is 0. The number of amides is 2. The van der Waals surface area contributed by atoms with E-state index in [1.54, 1.807) is 15.9 Å². The van der Waals surface area contributed by atoms with Gasteiger partial charge in [0.05, 0.1) is 5.69 Å². The van der Waals surface area contributed by atoms with E-state index >= 15 is 0 Å². The normalized spacial score (nSPS) is 14.8. The minimum absolute atomic E-state index is 0.0607. The number of aromatic carboxylic acids is 1. The molecule has 1 N–H and O–H groups in total. The van der Waals surface area contributed by atoms with Gasteiger partial charge in [-0.2, -0.15) is 0 Å². The van der Waals surface area contributed by atoms with Crippen LogP contribution in [0.3, 0.4) is 0 Å². The monoisotopic (exact) mass is 315 g/mol. The van der Waals surface area contributed by atoms with Gasteiger partial charge in [0.15, 0.2) is 0 Å². The van der Waals surface area contributed by atoms with Gasteiger partial charge in [0.2, 0.25) is 5.76 Å². The van der Waals surface area contributed by atoms with Gasteiger partial charge in [0, 0.05) is 30.8 Å². The number of carboxylic acids is 1. The molecule has 1 aliphatic heterocycles. The maximum absolute atomic E-state index is 12.6. The zero-order chi connectivity index (χ0) is 16.6. The minimum Gasteiger partial charge on any atom is -0.475 e. The van der Waals surface area contributed by atoms with Gasteiger partial charge in [-0.1, -0.05) is 23.4 Å². The van der Waals surface area contributed by atoms with E-state index in [-0.39, 0.29) is 17.8 Å². The van der Waals surface area contributed by atoms with Gasteiger partial charge in [-0.15, -0.1) is 0 Å². The van der Waals surface area contributed by atoms with Crippen molar-refractivity contribution in [1.29, 1.82) is 0 Å². The molecule has 0 aliphatic carbocycles. The Bertz CT molecular complexity index is 753. The standard InChI is InChI=1S/C16H17N3O4/c1-10(2)18-7-8-19(16(18)22)13-6-4-3-5-11(13)12-9-14(15(20)21)23-17-12/h3-6,9-10H,7-8H2,1-2H3,(H,20,21). The average Bonchev–Trinajstić information content (AvgIpc) is 3.14. The Hall–Kier alpha value is -2.83. The summed E-state index contributed by atoms with van der Waals surface area (Å²) in [6, 6.07) is 8.70. The number of aromatic nitrogens is 1. The summed E-state index contributed by atoms with van der Waals surface area (Å²) in [5, 5.41) is 12.8. The Labute approximate surface area is 133 Å². The van der Waals surface area contributed by atoms with Crippen molar-refractivity contribution in [2.24, 2.45) is 0 Å². The van der Waals surface area contributed by atoms with Crippen LogP contribution in [-0.4, -0.2) is 46.3 Å². The largest absolute Gasteiger partial charge is 0.475 e. The van der Waals surface area contributed by atoms with Crippen molar-refractivity contribution in [2.75, 3.05) is 18.0 Å². The molecule has 2 amide bonds. The first-order valence-corrected chi connectivity index (χ1v) is 7.36. The Kier molecular flexibility index (Phi) is 3.77. The van der Waals surface area contributed by atoms with E-state index in [9.17, 15) is 9.59 Å². The van der Waals surface area contributed by atoms with Crippen molar-refractivity contribution in [2.45, 2.75) is 19.9 Å². The highest BCUT2D eigenvalue weighted by Crippen LogP contribution is 2.32. The second kappa shape index (κ2) is 5.75. The van der Waals surface area contributed by atoms with Crippen molar-refractivity contribution in [3.63, 3.8) is 0 Å². The number of hydrogen-bond donors (Lipinski definition) is 1. The number of carboxylic acid groups (broad SMARTS) is 1. The summed E-state index contributed by atoms with van der Waals surface area (Å²) in [5.74, 6) is -1.41. The Morgan fingerprint density at radius 1 is 1.30 bits per heavy atom. The predicted octanol–water partition coefficient (Wildman–Crippen LogP) is 2.69. The lowest BCUT2D eigenvalue weighted by atomic mass is 10.1. The molecule has 0 atom stereocenters. The molecule has 1 aliphatic rings. The van der Waals surface area contributed by atoms with Gasteiger partial charge in [-0.25, -0.2) is 9.59 Å². The smallest absolute Gasteiger partial charge is 0.374 e. The number of para-hydroxylation sites is 1. The van der Waals surface area contributed by atoms with Crippen LogP contribution in [0.2, 0.25) is 0 Å². The maximum atomic E-state index is 12.6. The molecule has 1 aromatic heterocycles. The fourth-order valence-electron chi connectivity index (χ4n) is 2.69. The molecule has 7 nitrogen and oxygen atoms in total. The first kappa shape index (κ1) is 15.1. The number of hydrogen-bond acceptors (Lipinski definition) is 4. The van der Waals surface area contributed by atoms with Crippen molar-refractivity contribution in [3.05, 3.63) is 36.1 Å². The van der Waals surface area contributed by atoms with Gasteiger partial charge < -0.3 is 14.5 Å². The van der Waals surface area contributed by atoms with Gasteiger partial charge in [-0.05, 0) is 19.9 Å². The van der Waals surface area contributed by atoms with E-state index in [0.29, 0.717) is 30.0 Å². The molecule has 3 rings (SSSR count). The van der Waals surface area contributed by atoms with Crippen LogP contribution in [0.5, 0.6) is 0 Å². The lowest BCUT2D eigenvalue weighted by Gasteiger charge is -2.22. The molecule has 1 aromatic carbocycles. The predicted molar refractivity (Wildman–Crippen MR) is 83.5 cm³/mol. The molecule has 120 valence electrons. The second-order valence-corrected chi connectivity index (χ2v) is 5.62. The van der Waals surface area contributed by atoms with E-state index in [0.717, 1.165) is 0 Å². The first-order chi connectivity index (χ1) is 11.0. The maximum Gasteiger partial charge on any atom is 0.374 e. The summed E-state index contributed by atoms with van der Waals surface area (Å²) in [6.45, 7) is 5.19. The molecule has 0 radical (unpaired) electrons. The minimum atomic E-state index is -1.18. The highest BCUT2D eigenvalue weighted by molar-refractivity contribution is 5.98. The second-order valence-electron chi connectivity index (χ2n) is 5.62. The third kappa shape index (κ3) is 2.65. The molecule has 2 aromatic rings. The van der Waals surface area contributed by atoms with Crippen LogP contribution in [0.1, 0.15) is 24.4 Å². The summed E-state index contributed by atoms with van der Waals surface area (Å²) in [7, 11) is 0. The van der Waals surface area contributed by atoms with Crippen LogP contribution < -0.4 is 4.90 Å². The number of urea groups is 1. The molecule has 0 saturated carbocycles. The lowest BCUT2D eigenvalue weighted by Crippen LogP contribution is -2.36. The summed E-state index contributed by atoms with van der Waals surface area (Å²) in [4.78, 5) is 27.0. The Balaban J connectivity index is 1.98. The SMILES string of the molecule is CC(C)N1CCN(c2ccccc2-c2cc(C(=O)O)on2)C1=O. The molecule has 1 saturated heterocycles. The highest BCUT2D eigenvalue weighted by atomic mass is 16.5. The van der Waals surface area contributed by atoms with Crippen LogP contribution in [0.25, 0.3) is 11.3 Å². The van der Waals surface area contributed by atoms with Crippen molar-refractivity contribution in [3.8, 4) is 11.3 Å². The quantitative estimate of drug-likeness (QED) is 0.937. The summed E-state index contributed by atoms with van der Waals surface area (Å²) < 4.78 is 4.82. The van der Waals surface area contributed by atoms with Crippen LogP contribution >= 0.6 is 0 Å². The van der Waals surface area contributed by atoms with E-state index in [1.165, 1.54) is 6.07 Å². The van der Waals surface area contributed by atoms with E-state index in [1.807, 2.05) is 32.0 Å². The van der Waals surface area contributed by atoms with Crippen LogP contribution in [0.15, 0.2) is 34.9 Å². The molecular formula is C16H17N3O4. The third-order valence-corrected chi connectivity index (χ3v) is 3.86. The molecule has 1 fully saturated rings. The lowest BCUT2D eigenvalue weighted by molar-refractivity contribution is 0.0652. The fourth-order valence-corrected chi connectivity index (χ4v) is 2.69. The van der Waals surface area contributed by atoms with Crippen molar-refractivity contribution in [1.82, 2.24) is 10.1 Å². The number of benzene rings is 1. The Morgan fingerprint density at radius 3 is 2.65 bits per heavy atom. The summed E-state index contributed by atoms with van der Waals surface area (Å²) >= 11 is 0. The fraction of sp³-hybridized carbons (Fsp3) is 0.312. The third-order valence-electron chi connectivity index (χ3n) is 3.86. The molecule has 0 spiro atoms. The molecule has 7 heteroatoms. The van der Waals surface area contributed by atoms with Crippen LogP contribution in [0, 0.1) is 0 Å². The Morgan fingerprint density at radius 2 is 2.04 bits per heavy atom. The number of carbonyl (C=O) groups excluding carboxylic acids is 1. The van der Waals surface area contributed by atoms with Crippen LogP contribution in [-0.2, 0) is 0 Å². The van der Waals surface area contributed by atoms with E-state index in [2.05, 4.69) is 5.16 Å².